The second-order valence-electron chi connectivity index (χ2n) is 6.34. The van der Waals surface area contributed by atoms with E-state index in [4.69, 9.17) is 0 Å². The van der Waals surface area contributed by atoms with Gasteiger partial charge in [-0.25, -0.2) is 8.42 Å². The summed E-state index contributed by atoms with van der Waals surface area (Å²) in [4.78, 5) is 0.471. The highest BCUT2D eigenvalue weighted by atomic mass is 32.2. The lowest BCUT2D eigenvalue weighted by molar-refractivity contribution is 0.480. The first-order valence-corrected chi connectivity index (χ1v) is 9.52. The molecule has 3 nitrogen and oxygen atoms in total. The molecule has 0 aliphatic heterocycles. The van der Waals surface area contributed by atoms with E-state index in [-0.39, 0.29) is 11.3 Å². The van der Waals surface area contributed by atoms with Gasteiger partial charge >= 0.3 is 0 Å². The van der Waals surface area contributed by atoms with Crippen molar-refractivity contribution < 1.29 is 8.42 Å². The van der Waals surface area contributed by atoms with Crippen molar-refractivity contribution in [1.82, 2.24) is 5.32 Å². The average Bonchev–Trinajstić information content (AvgIpc) is 2.72. The SMILES string of the molecule is CNC1CCCCCC1S(=O)(=O)c1ccc(C(C)C)cc1. The van der Waals surface area contributed by atoms with Gasteiger partial charge in [0.2, 0.25) is 0 Å². The van der Waals surface area contributed by atoms with Crippen molar-refractivity contribution in [1.29, 1.82) is 0 Å². The molecule has 1 aliphatic carbocycles. The van der Waals surface area contributed by atoms with Crippen LogP contribution < -0.4 is 5.32 Å². The highest BCUT2D eigenvalue weighted by molar-refractivity contribution is 7.92. The largest absolute Gasteiger partial charge is 0.316 e. The van der Waals surface area contributed by atoms with Gasteiger partial charge in [0.1, 0.15) is 0 Å². The van der Waals surface area contributed by atoms with Gasteiger partial charge in [0.15, 0.2) is 9.84 Å². The summed E-state index contributed by atoms with van der Waals surface area (Å²) in [6, 6.07) is 7.53. The Morgan fingerprint density at radius 2 is 1.67 bits per heavy atom. The molecule has 1 N–H and O–H groups in total. The standard InChI is InChI=1S/C17H27NO2S/c1-13(2)14-9-11-15(12-10-14)21(19,20)17-8-6-4-5-7-16(17)18-3/h9-13,16-18H,4-8H2,1-3H3. The fraction of sp³-hybridized carbons (Fsp3) is 0.647. The van der Waals surface area contributed by atoms with E-state index in [1.807, 2.05) is 19.2 Å². The summed E-state index contributed by atoms with van der Waals surface area (Å²) in [6.45, 7) is 4.23. The second-order valence-corrected chi connectivity index (χ2v) is 8.51. The maximum Gasteiger partial charge on any atom is 0.182 e. The molecule has 0 spiro atoms. The fourth-order valence-corrected chi connectivity index (χ4v) is 5.24. The normalized spacial score (nSPS) is 24.0. The molecule has 21 heavy (non-hydrogen) atoms. The van der Waals surface area contributed by atoms with Crippen LogP contribution in [0.5, 0.6) is 0 Å². The van der Waals surface area contributed by atoms with Gasteiger partial charge < -0.3 is 5.32 Å². The molecule has 0 saturated heterocycles. The van der Waals surface area contributed by atoms with E-state index in [9.17, 15) is 8.42 Å². The maximum atomic E-state index is 13.0. The number of hydrogen-bond acceptors (Lipinski definition) is 3. The molecule has 0 radical (unpaired) electrons. The number of hydrogen-bond donors (Lipinski definition) is 1. The molecular weight excluding hydrogens is 282 g/mol. The zero-order valence-electron chi connectivity index (χ0n) is 13.3. The van der Waals surface area contributed by atoms with Crippen LogP contribution in [0.2, 0.25) is 0 Å². The van der Waals surface area contributed by atoms with Gasteiger partial charge in [-0.05, 0) is 43.5 Å². The van der Waals surface area contributed by atoms with E-state index in [1.165, 1.54) is 5.56 Å². The van der Waals surface area contributed by atoms with Crippen LogP contribution in [0.1, 0.15) is 57.4 Å². The summed E-state index contributed by atoms with van der Waals surface area (Å²) in [5, 5.41) is 2.92. The minimum absolute atomic E-state index is 0.0716. The molecule has 0 heterocycles. The van der Waals surface area contributed by atoms with Crippen LogP contribution in [0.4, 0.5) is 0 Å². The van der Waals surface area contributed by atoms with E-state index in [1.54, 1.807) is 12.1 Å². The zero-order valence-corrected chi connectivity index (χ0v) is 14.1. The molecule has 0 amide bonds. The molecule has 1 aliphatic rings. The summed E-state index contributed by atoms with van der Waals surface area (Å²) in [5.74, 6) is 0.421. The van der Waals surface area contributed by atoms with Crippen molar-refractivity contribution in [3.8, 4) is 0 Å². The highest BCUT2D eigenvalue weighted by Gasteiger charge is 2.34. The number of benzene rings is 1. The molecule has 118 valence electrons. The van der Waals surface area contributed by atoms with Gasteiger partial charge in [-0.1, -0.05) is 45.2 Å². The summed E-state index contributed by atoms with van der Waals surface area (Å²) in [6.07, 6.45) is 4.97. The third kappa shape index (κ3) is 3.67. The second kappa shape index (κ2) is 6.93. The Morgan fingerprint density at radius 1 is 1.05 bits per heavy atom. The molecule has 2 unspecified atom stereocenters. The number of rotatable bonds is 4. The first-order valence-electron chi connectivity index (χ1n) is 7.98. The Hall–Kier alpha value is -0.870. The Balaban J connectivity index is 2.30. The highest BCUT2D eigenvalue weighted by Crippen LogP contribution is 2.29. The Morgan fingerprint density at radius 3 is 2.24 bits per heavy atom. The van der Waals surface area contributed by atoms with Gasteiger partial charge in [0.25, 0.3) is 0 Å². The average molecular weight is 309 g/mol. The van der Waals surface area contributed by atoms with Crippen molar-refractivity contribution >= 4 is 9.84 Å². The Labute approximate surface area is 129 Å². The predicted octanol–water partition coefficient (Wildman–Crippen LogP) is 3.50. The lowest BCUT2D eigenvalue weighted by atomic mass is 10.0. The van der Waals surface area contributed by atoms with E-state index >= 15 is 0 Å². The zero-order chi connectivity index (χ0) is 15.5. The summed E-state index contributed by atoms with van der Waals surface area (Å²) in [7, 11) is -1.38. The first kappa shape index (κ1) is 16.5. The minimum Gasteiger partial charge on any atom is -0.316 e. The van der Waals surface area contributed by atoms with E-state index in [2.05, 4.69) is 19.2 Å². The van der Waals surface area contributed by atoms with Crippen LogP contribution >= 0.6 is 0 Å². The fourth-order valence-electron chi connectivity index (χ4n) is 3.19. The molecule has 1 aromatic rings. The van der Waals surface area contributed by atoms with E-state index < -0.39 is 9.84 Å². The van der Waals surface area contributed by atoms with Crippen molar-refractivity contribution in [3.05, 3.63) is 29.8 Å². The molecule has 0 aromatic heterocycles. The van der Waals surface area contributed by atoms with Crippen LogP contribution in [0, 0.1) is 0 Å². The lowest BCUT2D eigenvalue weighted by Gasteiger charge is -2.25. The third-order valence-corrected chi connectivity index (χ3v) is 6.89. The summed E-state index contributed by atoms with van der Waals surface area (Å²) < 4.78 is 25.9. The van der Waals surface area contributed by atoms with Crippen molar-refractivity contribution in [3.63, 3.8) is 0 Å². The minimum atomic E-state index is -3.25. The third-order valence-electron chi connectivity index (χ3n) is 4.60. The molecule has 1 aromatic carbocycles. The van der Waals surface area contributed by atoms with Crippen molar-refractivity contribution in [2.75, 3.05) is 7.05 Å². The van der Waals surface area contributed by atoms with Gasteiger partial charge in [0.05, 0.1) is 10.1 Å². The van der Waals surface area contributed by atoms with Crippen molar-refractivity contribution in [2.24, 2.45) is 0 Å². The lowest BCUT2D eigenvalue weighted by Crippen LogP contribution is -2.41. The number of sulfone groups is 1. The van der Waals surface area contributed by atoms with Crippen LogP contribution in [-0.2, 0) is 9.84 Å². The van der Waals surface area contributed by atoms with Gasteiger partial charge in [-0.3, -0.25) is 0 Å². The molecule has 1 saturated carbocycles. The predicted molar refractivity (Wildman–Crippen MR) is 87.4 cm³/mol. The smallest absolute Gasteiger partial charge is 0.182 e. The van der Waals surface area contributed by atoms with Crippen LogP contribution in [-0.4, -0.2) is 26.8 Å². The topological polar surface area (TPSA) is 46.2 Å². The van der Waals surface area contributed by atoms with Crippen LogP contribution in [0.15, 0.2) is 29.2 Å². The monoisotopic (exact) mass is 309 g/mol. The van der Waals surface area contributed by atoms with Crippen LogP contribution in [0.3, 0.4) is 0 Å². The van der Waals surface area contributed by atoms with Gasteiger partial charge in [-0.15, -0.1) is 0 Å². The molecule has 0 bridgehead atoms. The number of nitrogens with one attached hydrogen (secondary N) is 1. The van der Waals surface area contributed by atoms with Crippen molar-refractivity contribution in [2.45, 2.75) is 68.1 Å². The summed E-state index contributed by atoms with van der Waals surface area (Å²) in [5.41, 5.74) is 1.18. The molecule has 1 fully saturated rings. The van der Waals surface area contributed by atoms with E-state index in [0.717, 1.165) is 32.1 Å². The molecule has 2 rings (SSSR count). The molecule has 2 atom stereocenters. The Kier molecular flexibility index (Phi) is 5.44. The quantitative estimate of drug-likeness (QED) is 0.866. The van der Waals surface area contributed by atoms with Gasteiger partial charge in [-0.2, -0.15) is 0 Å². The summed E-state index contributed by atoms with van der Waals surface area (Å²) >= 11 is 0. The van der Waals surface area contributed by atoms with Gasteiger partial charge in [0, 0.05) is 6.04 Å². The van der Waals surface area contributed by atoms with E-state index in [0.29, 0.717) is 10.8 Å². The first-order chi connectivity index (χ1) is 9.96. The molecular formula is C17H27NO2S. The maximum absolute atomic E-state index is 13.0. The molecule has 4 heteroatoms. The Bertz CT molecular complexity index is 549. The van der Waals surface area contributed by atoms with Crippen LogP contribution in [0.25, 0.3) is 0 Å².